The maximum absolute atomic E-state index is 11.9. The quantitative estimate of drug-likeness (QED) is 0.687. The van der Waals surface area contributed by atoms with Gasteiger partial charge in [-0.05, 0) is 36.8 Å². The molecule has 2 heterocycles. The van der Waals surface area contributed by atoms with E-state index in [1.807, 2.05) is 51.1 Å². The average molecular weight is 283 g/mol. The van der Waals surface area contributed by atoms with Crippen LogP contribution < -0.4 is 5.69 Å². The van der Waals surface area contributed by atoms with Crippen molar-refractivity contribution in [2.24, 2.45) is 14.1 Å². The van der Waals surface area contributed by atoms with Crippen molar-refractivity contribution in [1.29, 1.82) is 0 Å². The highest BCUT2D eigenvalue weighted by atomic mass is 16.1. The van der Waals surface area contributed by atoms with Gasteiger partial charge in [-0.2, -0.15) is 0 Å². The van der Waals surface area contributed by atoms with Crippen molar-refractivity contribution >= 4 is 11.0 Å². The Morgan fingerprint density at radius 2 is 1.62 bits per heavy atom. The van der Waals surface area contributed by atoms with Crippen LogP contribution in [0.25, 0.3) is 22.3 Å². The van der Waals surface area contributed by atoms with Gasteiger partial charge >= 0.3 is 5.69 Å². The summed E-state index contributed by atoms with van der Waals surface area (Å²) in [7, 11) is 3.58. The van der Waals surface area contributed by atoms with Gasteiger partial charge in [0.25, 0.3) is 0 Å². The molecule has 0 saturated heterocycles. The standard InChI is InChI=1S/C15H15N3O.C2H6/c1-10-6-7-16-12(8-10)11-4-5-13-14(9-11)18(3)15(19)17(13)2;1-2/h4-9H,1-3H3;1-2H3. The first-order chi connectivity index (χ1) is 10.1. The third kappa shape index (κ3) is 2.61. The third-order valence-corrected chi connectivity index (χ3v) is 3.48. The van der Waals surface area contributed by atoms with Crippen LogP contribution in [-0.2, 0) is 14.1 Å². The lowest BCUT2D eigenvalue weighted by Crippen LogP contribution is -2.19. The molecule has 0 bridgehead atoms. The molecule has 4 nitrogen and oxygen atoms in total. The molecule has 0 atom stereocenters. The van der Waals surface area contributed by atoms with Crippen LogP contribution in [0.2, 0.25) is 0 Å². The Morgan fingerprint density at radius 3 is 2.29 bits per heavy atom. The van der Waals surface area contributed by atoms with E-state index in [-0.39, 0.29) is 5.69 Å². The van der Waals surface area contributed by atoms with Crippen LogP contribution in [0.3, 0.4) is 0 Å². The van der Waals surface area contributed by atoms with Gasteiger partial charge in [0.2, 0.25) is 0 Å². The van der Waals surface area contributed by atoms with Crippen LogP contribution in [0.1, 0.15) is 19.4 Å². The van der Waals surface area contributed by atoms with Crippen molar-refractivity contribution in [3.8, 4) is 11.3 Å². The SMILES string of the molecule is CC.Cc1ccnc(-c2ccc3c(c2)n(C)c(=O)n3C)c1. The molecule has 0 N–H and O–H groups in total. The molecule has 21 heavy (non-hydrogen) atoms. The Balaban J connectivity index is 0.000000774. The highest BCUT2D eigenvalue weighted by Crippen LogP contribution is 2.22. The first-order valence-electron chi connectivity index (χ1n) is 7.16. The van der Waals surface area contributed by atoms with Gasteiger partial charge in [-0.25, -0.2) is 4.79 Å². The van der Waals surface area contributed by atoms with E-state index in [1.54, 1.807) is 29.4 Å². The highest BCUT2D eigenvalue weighted by Gasteiger charge is 2.09. The second-order valence-electron chi connectivity index (χ2n) is 4.82. The van der Waals surface area contributed by atoms with Crippen LogP contribution in [-0.4, -0.2) is 14.1 Å². The van der Waals surface area contributed by atoms with E-state index < -0.39 is 0 Å². The smallest absolute Gasteiger partial charge is 0.295 e. The molecule has 0 aliphatic carbocycles. The molecule has 0 radical (unpaired) electrons. The molecule has 2 aromatic heterocycles. The van der Waals surface area contributed by atoms with Crippen LogP contribution in [0.5, 0.6) is 0 Å². The molecule has 0 saturated carbocycles. The fourth-order valence-electron chi connectivity index (χ4n) is 2.36. The molecule has 110 valence electrons. The van der Waals surface area contributed by atoms with Crippen molar-refractivity contribution in [2.75, 3.05) is 0 Å². The summed E-state index contributed by atoms with van der Waals surface area (Å²) in [6, 6.07) is 10.0. The number of hydrogen-bond acceptors (Lipinski definition) is 2. The van der Waals surface area contributed by atoms with Crippen molar-refractivity contribution < 1.29 is 0 Å². The zero-order chi connectivity index (χ0) is 15.6. The van der Waals surface area contributed by atoms with Crippen molar-refractivity contribution in [2.45, 2.75) is 20.8 Å². The number of benzene rings is 1. The number of imidazole rings is 1. The number of aryl methyl sites for hydroxylation is 3. The van der Waals surface area contributed by atoms with Gasteiger partial charge in [0.1, 0.15) is 0 Å². The summed E-state index contributed by atoms with van der Waals surface area (Å²) in [5.74, 6) is 0. The lowest BCUT2D eigenvalue weighted by molar-refractivity contribution is 0.795. The van der Waals surface area contributed by atoms with E-state index in [1.165, 1.54) is 5.56 Å². The normalized spacial score (nSPS) is 10.3. The topological polar surface area (TPSA) is 39.8 Å². The van der Waals surface area contributed by atoms with Gasteiger partial charge in [-0.15, -0.1) is 0 Å². The Morgan fingerprint density at radius 1 is 0.952 bits per heavy atom. The fraction of sp³-hybridized carbons (Fsp3) is 0.294. The van der Waals surface area contributed by atoms with Gasteiger partial charge < -0.3 is 0 Å². The first-order valence-corrected chi connectivity index (χ1v) is 7.16. The van der Waals surface area contributed by atoms with Crippen LogP contribution in [0.4, 0.5) is 0 Å². The molecule has 3 rings (SSSR count). The number of aromatic nitrogens is 3. The molecule has 0 aliphatic rings. The summed E-state index contributed by atoms with van der Waals surface area (Å²) >= 11 is 0. The maximum atomic E-state index is 11.9. The fourth-order valence-corrected chi connectivity index (χ4v) is 2.36. The third-order valence-electron chi connectivity index (χ3n) is 3.48. The van der Waals surface area contributed by atoms with E-state index >= 15 is 0 Å². The minimum Gasteiger partial charge on any atom is -0.295 e. The molecular formula is C17H21N3O. The number of pyridine rings is 1. The number of nitrogens with zero attached hydrogens (tertiary/aromatic N) is 3. The number of fused-ring (bicyclic) bond motifs is 1. The largest absolute Gasteiger partial charge is 0.328 e. The molecule has 4 heteroatoms. The van der Waals surface area contributed by atoms with Gasteiger partial charge in [-0.3, -0.25) is 14.1 Å². The highest BCUT2D eigenvalue weighted by molar-refractivity contribution is 5.81. The zero-order valence-corrected chi connectivity index (χ0v) is 13.2. The molecule has 0 spiro atoms. The predicted molar refractivity (Wildman–Crippen MR) is 87.5 cm³/mol. The molecule has 0 aliphatic heterocycles. The van der Waals surface area contributed by atoms with Gasteiger partial charge in [0.15, 0.2) is 0 Å². The summed E-state index contributed by atoms with van der Waals surface area (Å²) in [5, 5.41) is 0. The van der Waals surface area contributed by atoms with Crippen molar-refractivity contribution in [3.63, 3.8) is 0 Å². The van der Waals surface area contributed by atoms with E-state index in [2.05, 4.69) is 4.98 Å². The predicted octanol–water partition coefficient (Wildman–Crippen LogP) is 3.27. The lowest BCUT2D eigenvalue weighted by atomic mass is 10.1. The van der Waals surface area contributed by atoms with E-state index in [4.69, 9.17) is 0 Å². The molecule has 0 fully saturated rings. The van der Waals surface area contributed by atoms with Crippen LogP contribution in [0.15, 0.2) is 41.3 Å². The maximum Gasteiger partial charge on any atom is 0.328 e. The van der Waals surface area contributed by atoms with Gasteiger partial charge in [0, 0.05) is 25.9 Å². The summed E-state index contributed by atoms with van der Waals surface area (Å²) in [6.45, 7) is 6.04. The average Bonchev–Trinajstić information content (AvgIpc) is 2.74. The van der Waals surface area contributed by atoms with Gasteiger partial charge in [0.05, 0.1) is 16.7 Å². The molecule has 1 aromatic carbocycles. The van der Waals surface area contributed by atoms with E-state index in [0.29, 0.717) is 0 Å². The van der Waals surface area contributed by atoms with Crippen molar-refractivity contribution in [1.82, 2.24) is 14.1 Å². The molecule has 0 unspecified atom stereocenters. The van der Waals surface area contributed by atoms with E-state index in [9.17, 15) is 4.79 Å². The number of rotatable bonds is 1. The lowest BCUT2D eigenvalue weighted by Gasteiger charge is -2.03. The molecule has 3 aromatic rings. The minimum absolute atomic E-state index is 0.00986. The Bertz CT molecular complexity index is 828. The summed E-state index contributed by atoms with van der Waals surface area (Å²) in [4.78, 5) is 16.3. The summed E-state index contributed by atoms with van der Waals surface area (Å²) < 4.78 is 3.32. The zero-order valence-electron chi connectivity index (χ0n) is 13.2. The summed E-state index contributed by atoms with van der Waals surface area (Å²) in [6.07, 6.45) is 1.80. The Kier molecular flexibility index (Phi) is 4.26. The van der Waals surface area contributed by atoms with E-state index in [0.717, 1.165) is 22.3 Å². The monoisotopic (exact) mass is 283 g/mol. The second kappa shape index (κ2) is 5.95. The Hall–Kier alpha value is -2.36. The van der Waals surface area contributed by atoms with Crippen LogP contribution in [0, 0.1) is 6.92 Å². The Labute approximate surface area is 124 Å². The van der Waals surface area contributed by atoms with Gasteiger partial charge in [-0.1, -0.05) is 19.9 Å². The second-order valence-corrected chi connectivity index (χ2v) is 4.82. The van der Waals surface area contributed by atoms with Crippen molar-refractivity contribution in [3.05, 3.63) is 52.6 Å². The van der Waals surface area contributed by atoms with Crippen LogP contribution >= 0.6 is 0 Å². The number of hydrogen-bond donors (Lipinski definition) is 0. The minimum atomic E-state index is -0.00986. The summed E-state index contributed by atoms with van der Waals surface area (Å²) in [5.41, 5.74) is 4.98. The molecular weight excluding hydrogens is 262 g/mol. The first kappa shape index (κ1) is 15.0. The molecule has 0 amide bonds.